The van der Waals surface area contributed by atoms with E-state index in [-0.39, 0.29) is 17.2 Å². The van der Waals surface area contributed by atoms with Crippen LogP contribution in [0.5, 0.6) is 0 Å². The number of pyridine rings is 1. The summed E-state index contributed by atoms with van der Waals surface area (Å²) in [6, 6.07) is 0. The van der Waals surface area contributed by atoms with Crippen LogP contribution in [-0.2, 0) is 4.74 Å². The molecule has 2 aromatic heterocycles. The number of carbonyl (C=O) groups is 1. The van der Waals surface area contributed by atoms with E-state index in [0.717, 1.165) is 10.9 Å². The van der Waals surface area contributed by atoms with Crippen molar-refractivity contribution in [1.29, 1.82) is 0 Å². The van der Waals surface area contributed by atoms with Gasteiger partial charge in [0, 0.05) is 6.20 Å². The predicted molar refractivity (Wildman–Crippen MR) is 64.8 cm³/mol. The molecule has 0 bridgehead atoms. The highest BCUT2D eigenvalue weighted by atomic mass is 79.9. The Morgan fingerprint density at radius 3 is 2.89 bits per heavy atom. The van der Waals surface area contributed by atoms with Gasteiger partial charge in [0.25, 0.3) is 5.82 Å². The fourth-order valence-electron chi connectivity index (χ4n) is 1.33. The van der Waals surface area contributed by atoms with E-state index in [4.69, 9.17) is 0 Å². The maximum atomic E-state index is 11.2. The van der Waals surface area contributed by atoms with Gasteiger partial charge in [-0.25, -0.2) is 14.5 Å². The van der Waals surface area contributed by atoms with Crippen LogP contribution < -0.4 is 0 Å². The van der Waals surface area contributed by atoms with E-state index in [2.05, 4.69) is 35.7 Å². The molecule has 0 radical (unpaired) electrons. The molecule has 0 saturated carbocycles. The zero-order valence-electron chi connectivity index (χ0n) is 9.48. The van der Waals surface area contributed by atoms with Crippen molar-refractivity contribution in [3.8, 4) is 5.69 Å². The minimum absolute atomic E-state index is 0.127. The van der Waals surface area contributed by atoms with Crippen LogP contribution in [-0.4, -0.2) is 37.8 Å². The third kappa shape index (κ3) is 2.42. The minimum atomic E-state index is -0.730. The van der Waals surface area contributed by atoms with Gasteiger partial charge in [0.05, 0.1) is 16.5 Å². The summed E-state index contributed by atoms with van der Waals surface area (Å²) in [5.41, 5.74) is -0.140. The molecule has 0 aliphatic carbocycles. The number of carbonyl (C=O) groups excluding carboxylic acids is 1. The smallest absolute Gasteiger partial charge is 0.377 e. The van der Waals surface area contributed by atoms with Crippen LogP contribution in [0.15, 0.2) is 23.2 Å². The number of hydrogen-bond acceptors (Lipinski definition) is 7. The molecule has 0 aromatic carbocycles. The molecule has 98 valence electrons. The quantitative estimate of drug-likeness (QED) is 0.471. The molecule has 0 fully saturated rings. The normalized spacial score (nSPS) is 10.2. The number of halogens is 1. The summed E-state index contributed by atoms with van der Waals surface area (Å²) in [5.74, 6) is -0.924. The van der Waals surface area contributed by atoms with E-state index >= 15 is 0 Å². The van der Waals surface area contributed by atoms with E-state index in [9.17, 15) is 14.9 Å². The van der Waals surface area contributed by atoms with Crippen molar-refractivity contribution in [3.05, 3.63) is 39.1 Å². The lowest BCUT2D eigenvalue weighted by Crippen LogP contribution is -2.07. The number of methoxy groups -OCH3 is 1. The summed E-state index contributed by atoms with van der Waals surface area (Å²) in [7, 11) is 1.19. The van der Waals surface area contributed by atoms with Crippen LogP contribution in [0.3, 0.4) is 0 Å². The molecule has 2 heterocycles. The van der Waals surface area contributed by atoms with Gasteiger partial charge in [-0.2, -0.15) is 0 Å². The van der Waals surface area contributed by atoms with Gasteiger partial charge < -0.3 is 4.74 Å². The van der Waals surface area contributed by atoms with Gasteiger partial charge in [0.2, 0.25) is 0 Å². The predicted octanol–water partition coefficient (Wildman–Crippen LogP) is 1.12. The Labute approximate surface area is 114 Å². The summed E-state index contributed by atoms with van der Waals surface area (Å²) in [6.07, 6.45) is 3.64. The van der Waals surface area contributed by atoms with Crippen molar-refractivity contribution in [1.82, 2.24) is 19.7 Å². The van der Waals surface area contributed by atoms with Crippen LogP contribution in [0.2, 0.25) is 0 Å². The molecule has 0 N–H and O–H groups in total. The highest BCUT2D eigenvalue weighted by Gasteiger charge is 2.22. The molecule has 0 aliphatic heterocycles. The van der Waals surface area contributed by atoms with Crippen LogP contribution in [0.1, 0.15) is 10.6 Å². The molecule has 0 aliphatic rings. The molecular weight excluding hydrogens is 322 g/mol. The van der Waals surface area contributed by atoms with E-state index in [1.165, 1.54) is 19.6 Å². The topological polar surface area (TPSA) is 113 Å². The average molecular weight is 328 g/mol. The lowest BCUT2D eigenvalue weighted by Gasteiger charge is -2.03. The number of esters is 1. The molecule has 19 heavy (non-hydrogen) atoms. The summed E-state index contributed by atoms with van der Waals surface area (Å²) in [5, 5.41) is 14.8. The first-order valence-corrected chi connectivity index (χ1v) is 5.62. The zero-order chi connectivity index (χ0) is 14.0. The fourth-order valence-corrected chi connectivity index (χ4v) is 1.84. The Morgan fingerprint density at radius 2 is 2.26 bits per heavy atom. The van der Waals surface area contributed by atoms with Crippen LogP contribution in [0.25, 0.3) is 5.69 Å². The number of aromatic nitrogens is 4. The van der Waals surface area contributed by atoms with Gasteiger partial charge in [0.15, 0.2) is 5.69 Å². The highest BCUT2D eigenvalue weighted by molar-refractivity contribution is 9.10. The largest absolute Gasteiger partial charge is 0.463 e. The monoisotopic (exact) mass is 327 g/mol. The van der Waals surface area contributed by atoms with Gasteiger partial charge in [-0.05, 0) is 15.9 Å². The van der Waals surface area contributed by atoms with Crippen LogP contribution >= 0.6 is 15.9 Å². The van der Waals surface area contributed by atoms with Crippen molar-refractivity contribution in [2.75, 3.05) is 7.11 Å². The zero-order valence-corrected chi connectivity index (χ0v) is 11.1. The van der Waals surface area contributed by atoms with Gasteiger partial charge in [-0.1, -0.05) is 0 Å². The van der Waals surface area contributed by atoms with Crippen molar-refractivity contribution < 1.29 is 14.5 Å². The second-order valence-corrected chi connectivity index (χ2v) is 4.10. The molecule has 10 heteroatoms. The Kier molecular flexibility index (Phi) is 3.51. The Hall–Kier alpha value is -2.36. The molecule has 0 spiro atoms. The second kappa shape index (κ2) is 5.10. The molecule has 2 aromatic rings. The Bertz CT molecular complexity index is 656. The third-order valence-corrected chi connectivity index (χ3v) is 2.72. The van der Waals surface area contributed by atoms with Crippen LogP contribution in [0.4, 0.5) is 5.69 Å². The van der Waals surface area contributed by atoms with Crippen molar-refractivity contribution in [3.63, 3.8) is 0 Å². The summed E-state index contributed by atoms with van der Waals surface area (Å²) < 4.78 is 5.92. The number of nitrogens with zero attached hydrogens (tertiary/aromatic N) is 5. The van der Waals surface area contributed by atoms with Gasteiger partial charge in [-0.3, -0.25) is 15.1 Å². The maximum absolute atomic E-state index is 11.2. The summed E-state index contributed by atoms with van der Waals surface area (Å²) in [6.45, 7) is 0. The molecule has 0 amide bonds. The summed E-state index contributed by atoms with van der Waals surface area (Å²) >= 11 is 3.14. The number of nitro groups is 1. The van der Waals surface area contributed by atoms with Gasteiger partial charge in [-0.15, -0.1) is 5.10 Å². The second-order valence-electron chi connectivity index (χ2n) is 3.25. The van der Waals surface area contributed by atoms with E-state index < -0.39 is 10.9 Å². The first kappa shape index (κ1) is 13.1. The molecule has 9 nitrogen and oxygen atoms in total. The first-order valence-electron chi connectivity index (χ1n) is 4.83. The van der Waals surface area contributed by atoms with Crippen LogP contribution in [0, 0.1) is 10.1 Å². The fraction of sp³-hybridized carbons (Fsp3) is 0.111. The van der Waals surface area contributed by atoms with Crippen molar-refractivity contribution in [2.24, 2.45) is 0 Å². The Balaban J connectivity index is 2.56. The minimum Gasteiger partial charge on any atom is -0.463 e. The maximum Gasteiger partial charge on any atom is 0.377 e. The lowest BCUT2D eigenvalue weighted by atomic mass is 10.3. The van der Waals surface area contributed by atoms with Gasteiger partial charge in [0.1, 0.15) is 12.5 Å². The SMILES string of the molecule is COC(=O)c1ncn(-c2c(Br)cncc2[N+](=O)[O-])n1. The highest BCUT2D eigenvalue weighted by Crippen LogP contribution is 2.28. The number of ether oxygens (including phenoxy) is 1. The Morgan fingerprint density at radius 1 is 1.53 bits per heavy atom. The van der Waals surface area contributed by atoms with E-state index in [1.54, 1.807) is 0 Å². The molecule has 0 unspecified atom stereocenters. The van der Waals surface area contributed by atoms with Gasteiger partial charge >= 0.3 is 11.7 Å². The standard InChI is InChI=1S/C9H6BrN5O4/c1-19-9(16)8-12-4-14(13-8)7-5(10)2-11-3-6(7)15(17)18/h2-4H,1H3. The molecule has 2 rings (SSSR count). The lowest BCUT2D eigenvalue weighted by molar-refractivity contribution is -0.385. The van der Waals surface area contributed by atoms with E-state index in [1.807, 2.05) is 0 Å². The number of hydrogen-bond donors (Lipinski definition) is 0. The molecule has 0 saturated heterocycles. The van der Waals surface area contributed by atoms with Crippen molar-refractivity contribution >= 4 is 27.6 Å². The molecular formula is C9H6BrN5O4. The molecule has 0 atom stereocenters. The first-order chi connectivity index (χ1) is 9.04. The summed E-state index contributed by atoms with van der Waals surface area (Å²) in [4.78, 5) is 29.0. The van der Waals surface area contributed by atoms with Crippen molar-refractivity contribution in [2.45, 2.75) is 0 Å². The number of rotatable bonds is 3. The van der Waals surface area contributed by atoms with E-state index in [0.29, 0.717) is 4.47 Å². The average Bonchev–Trinajstić information content (AvgIpc) is 2.86. The third-order valence-electron chi connectivity index (χ3n) is 2.14.